The van der Waals surface area contributed by atoms with E-state index >= 15 is 0 Å². The number of hydrogen-bond donors (Lipinski definition) is 0. The molecular formula is C17H18BrClO. The van der Waals surface area contributed by atoms with E-state index < -0.39 is 0 Å². The Bertz CT molecular complexity index is 616. The molecule has 1 fully saturated rings. The minimum Gasteiger partial charge on any atom is -0.378 e. The molecule has 3 rings (SSSR count). The van der Waals surface area contributed by atoms with E-state index in [2.05, 4.69) is 52.3 Å². The van der Waals surface area contributed by atoms with Crippen molar-refractivity contribution in [3.63, 3.8) is 0 Å². The molecule has 106 valence electrons. The van der Waals surface area contributed by atoms with Crippen LogP contribution in [-0.4, -0.2) is 12.7 Å². The van der Waals surface area contributed by atoms with Gasteiger partial charge in [-0.2, -0.15) is 0 Å². The molecule has 0 saturated heterocycles. The van der Waals surface area contributed by atoms with Crippen LogP contribution in [0.4, 0.5) is 0 Å². The third-order valence-electron chi connectivity index (χ3n) is 4.49. The lowest BCUT2D eigenvalue weighted by Gasteiger charge is -2.42. The summed E-state index contributed by atoms with van der Waals surface area (Å²) in [4.78, 5) is 0. The summed E-state index contributed by atoms with van der Waals surface area (Å²) in [6.45, 7) is 0. The number of benzene rings is 2. The molecule has 3 heteroatoms. The molecule has 1 atom stereocenters. The SMILES string of the molecule is COC1(CC(Cl)c2ccc(Br)c3ccccc23)CCC1. The quantitative estimate of drug-likeness (QED) is 0.627. The molecule has 0 heterocycles. The first-order valence-electron chi connectivity index (χ1n) is 7.02. The minimum atomic E-state index is -0.00625. The molecule has 0 radical (unpaired) electrons. The fourth-order valence-electron chi connectivity index (χ4n) is 3.06. The maximum Gasteiger partial charge on any atom is 0.0696 e. The Labute approximate surface area is 133 Å². The smallest absolute Gasteiger partial charge is 0.0696 e. The van der Waals surface area contributed by atoms with Gasteiger partial charge in [-0.1, -0.05) is 46.3 Å². The van der Waals surface area contributed by atoms with E-state index in [1.165, 1.54) is 22.8 Å². The van der Waals surface area contributed by atoms with Gasteiger partial charge in [-0.15, -0.1) is 11.6 Å². The van der Waals surface area contributed by atoms with Gasteiger partial charge in [0.25, 0.3) is 0 Å². The Morgan fingerprint density at radius 2 is 1.90 bits per heavy atom. The number of hydrogen-bond acceptors (Lipinski definition) is 1. The van der Waals surface area contributed by atoms with Gasteiger partial charge in [0.15, 0.2) is 0 Å². The highest BCUT2D eigenvalue weighted by atomic mass is 79.9. The van der Waals surface area contributed by atoms with Crippen molar-refractivity contribution in [2.45, 2.75) is 36.7 Å². The van der Waals surface area contributed by atoms with E-state index in [1.807, 2.05) is 7.11 Å². The average molecular weight is 354 g/mol. The first kappa shape index (κ1) is 14.4. The van der Waals surface area contributed by atoms with Crippen LogP contribution in [0, 0.1) is 0 Å². The molecule has 0 spiro atoms. The molecule has 1 aliphatic carbocycles. The van der Waals surface area contributed by atoms with Crippen LogP contribution in [0.15, 0.2) is 40.9 Å². The summed E-state index contributed by atoms with van der Waals surface area (Å²) in [5.41, 5.74) is 1.20. The standard InChI is InChI=1S/C17H18BrClO/c1-20-17(9-4-10-17)11-16(19)14-7-8-15(18)13-6-3-2-5-12(13)14/h2-3,5-8,16H,4,9-11H2,1H3. The summed E-state index contributed by atoms with van der Waals surface area (Å²) in [5, 5.41) is 2.44. The zero-order valence-electron chi connectivity index (χ0n) is 11.5. The number of alkyl halides is 1. The van der Waals surface area contributed by atoms with Gasteiger partial charge in [0.05, 0.1) is 11.0 Å². The summed E-state index contributed by atoms with van der Waals surface area (Å²) < 4.78 is 6.82. The number of methoxy groups -OCH3 is 1. The van der Waals surface area contributed by atoms with E-state index in [0.717, 1.165) is 23.7 Å². The lowest BCUT2D eigenvalue weighted by molar-refractivity contribution is -0.0779. The van der Waals surface area contributed by atoms with Crippen molar-refractivity contribution in [3.05, 3.63) is 46.4 Å². The Hall–Kier alpha value is -0.570. The molecule has 0 amide bonds. The molecule has 0 aliphatic heterocycles. The Kier molecular flexibility index (Phi) is 4.07. The first-order valence-corrected chi connectivity index (χ1v) is 8.24. The van der Waals surface area contributed by atoms with Crippen molar-refractivity contribution >= 4 is 38.3 Å². The van der Waals surface area contributed by atoms with Crippen molar-refractivity contribution in [3.8, 4) is 0 Å². The fraction of sp³-hybridized carbons (Fsp3) is 0.412. The normalized spacial score (nSPS) is 18.8. The van der Waals surface area contributed by atoms with Crippen LogP contribution >= 0.6 is 27.5 Å². The summed E-state index contributed by atoms with van der Waals surface area (Å²) in [6, 6.07) is 12.6. The molecule has 0 bridgehead atoms. The molecule has 2 aromatic rings. The molecular weight excluding hydrogens is 336 g/mol. The molecule has 1 saturated carbocycles. The average Bonchev–Trinajstić information content (AvgIpc) is 2.43. The Morgan fingerprint density at radius 3 is 2.50 bits per heavy atom. The van der Waals surface area contributed by atoms with Crippen LogP contribution in [0.25, 0.3) is 10.8 Å². The van der Waals surface area contributed by atoms with Gasteiger partial charge in [-0.3, -0.25) is 0 Å². The van der Waals surface area contributed by atoms with Gasteiger partial charge < -0.3 is 4.74 Å². The highest BCUT2D eigenvalue weighted by Crippen LogP contribution is 2.45. The number of halogens is 2. The fourth-order valence-corrected chi connectivity index (χ4v) is 4.01. The number of rotatable bonds is 4. The van der Waals surface area contributed by atoms with Crippen LogP contribution in [0.3, 0.4) is 0 Å². The van der Waals surface area contributed by atoms with Gasteiger partial charge in [0.1, 0.15) is 0 Å². The highest BCUT2D eigenvalue weighted by Gasteiger charge is 2.39. The largest absolute Gasteiger partial charge is 0.378 e. The van der Waals surface area contributed by atoms with E-state index in [9.17, 15) is 0 Å². The molecule has 0 N–H and O–H groups in total. The summed E-state index contributed by atoms with van der Waals surface area (Å²) >= 11 is 10.3. The number of ether oxygens (including phenoxy) is 1. The van der Waals surface area contributed by atoms with Crippen molar-refractivity contribution in [2.24, 2.45) is 0 Å². The minimum absolute atomic E-state index is 0.000589. The van der Waals surface area contributed by atoms with E-state index in [4.69, 9.17) is 16.3 Å². The molecule has 0 aromatic heterocycles. The van der Waals surface area contributed by atoms with Gasteiger partial charge in [0, 0.05) is 11.6 Å². The van der Waals surface area contributed by atoms with Gasteiger partial charge in [0.2, 0.25) is 0 Å². The second-order valence-electron chi connectivity index (χ2n) is 5.59. The van der Waals surface area contributed by atoms with Crippen LogP contribution in [0.2, 0.25) is 0 Å². The summed E-state index contributed by atoms with van der Waals surface area (Å²) in [6.07, 6.45) is 4.39. The monoisotopic (exact) mass is 352 g/mol. The van der Waals surface area contributed by atoms with Crippen molar-refractivity contribution in [1.82, 2.24) is 0 Å². The second kappa shape index (κ2) is 5.67. The van der Waals surface area contributed by atoms with Crippen molar-refractivity contribution in [1.29, 1.82) is 0 Å². The zero-order valence-corrected chi connectivity index (χ0v) is 13.9. The summed E-state index contributed by atoms with van der Waals surface area (Å²) in [5.74, 6) is 0. The van der Waals surface area contributed by atoms with E-state index in [1.54, 1.807) is 0 Å². The van der Waals surface area contributed by atoms with Gasteiger partial charge >= 0.3 is 0 Å². The van der Waals surface area contributed by atoms with E-state index in [-0.39, 0.29) is 11.0 Å². The lowest BCUT2D eigenvalue weighted by atomic mass is 9.76. The molecule has 20 heavy (non-hydrogen) atoms. The van der Waals surface area contributed by atoms with Gasteiger partial charge in [-0.25, -0.2) is 0 Å². The van der Waals surface area contributed by atoms with Crippen molar-refractivity contribution in [2.75, 3.05) is 7.11 Å². The highest BCUT2D eigenvalue weighted by molar-refractivity contribution is 9.10. The van der Waals surface area contributed by atoms with Crippen LogP contribution < -0.4 is 0 Å². The summed E-state index contributed by atoms with van der Waals surface area (Å²) in [7, 11) is 1.81. The molecule has 2 aromatic carbocycles. The zero-order chi connectivity index (χ0) is 14.2. The van der Waals surface area contributed by atoms with Crippen LogP contribution in [-0.2, 0) is 4.74 Å². The number of fused-ring (bicyclic) bond motifs is 1. The predicted molar refractivity (Wildman–Crippen MR) is 88.5 cm³/mol. The van der Waals surface area contributed by atoms with Crippen LogP contribution in [0.5, 0.6) is 0 Å². The third-order valence-corrected chi connectivity index (χ3v) is 5.57. The third kappa shape index (κ3) is 2.49. The maximum absolute atomic E-state index is 6.72. The lowest BCUT2D eigenvalue weighted by Crippen LogP contribution is -2.39. The maximum atomic E-state index is 6.72. The topological polar surface area (TPSA) is 9.23 Å². The van der Waals surface area contributed by atoms with Crippen LogP contribution in [0.1, 0.15) is 36.6 Å². The second-order valence-corrected chi connectivity index (χ2v) is 6.98. The van der Waals surface area contributed by atoms with Gasteiger partial charge in [-0.05, 0) is 48.1 Å². The molecule has 1 aliphatic rings. The molecule has 1 unspecified atom stereocenters. The Balaban J connectivity index is 1.95. The predicted octanol–water partition coefficient (Wildman–Crippen LogP) is 5.84. The van der Waals surface area contributed by atoms with Crippen molar-refractivity contribution < 1.29 is 4.74 Å². The first-order chi connectivity index (χ1) is 9.65. The van der Waals surface area contributed by atoms with E-state index in [0.29, 0.717) is 0 Å². The Morgan fingerprint density at radius 1 is 1.20 bits per heavy atom. The molecule has 1 nitrogen and oxygen atoms in total.